The zero-order valence-electron chi connectivity index (χ0n) is 8.41. The monoisotopic (exact) mass is 207 g/mol. The molecule has 1 aromatic heterocycles. The standard InChI is InChI=1S/C10H10FN3O/c1-6-12-10(14-13-6)8-4-3-7(15-2)5-9(8)11/h3-5H,1-2H3,(H,12,13,14). The summed E-state index contributed by atoms with van der Waals surface area (Å²) in [6.45, 7) is 1.76. The minimum atomic E-state index is -0.395. The van der Waals surface area contributed by atoms with Gasteiger partial charge >= 0.3 is 0 Å². The van der Waals surface area contributed by atoms with Gasteiger partial charge in [0, 0.05) is 6.07 Å². The highest BCUT2D eigenvalue weighted by atomic mass is 19.1. The van der Waals surface area contributed by atoms with Gasteiger partial charge in [-0.1, -0.05) is 0 Å². The number of rotatable bonds is 2. The van der Waals surface area contributed by atoms with Crippen LogP contribution in [0.5, 0.6) is 5.75 Å². The Morgan fingerprint density at radius 2 is 2.20 bits per heavy atom. The van der Waals surface area contributed by atoms with E-state index in [0.29, 0.717) is 23.0 Å². The Morgan fingerprint density at radius 3 is 2.73 bits per heavy atom. The molecule has 2 aromatic rings. The number of nitrogens with zero attached hydrogens (tertiary/aromatic N) is 2. The molecule has 1 aromatic carbocycles. The van der Waals surface area contributed by atoms with Crippen LogP contribution in [0.15, 0.2) is 18.2 Å². The molecule has 1 N–H and O–H groups in total. The van der Waals surface area contributed by atoms with Gasteiger partial charge in [0.25, 0.3) is 0 Å². The van der Waals surface area contributed by atoms with Gasteiger partial charge in [0.15, 0.2) is 5.82 Å². The summed E-state index contributed by atoms with van der Waals surface area (Å²) in [5.74, 6) is 1.09. The zero-order chi connectivity index (χ0) is 10.8. The zero-order valence-corrected chi connectivity index (χ0v) is 8.41. The first-order valence-corrected chi connectivity index (χ1v) is 4.43. The summed E-state index contributed by atoms with van der Waals surface area (Å²) >= 11 is 0. The van der Waals surface area contributed by atoms with Crippen molar-refractivity contribution in [1.82, 2.24) is 15.2 Å². The highest BCUT2D eigenvalue weighted by Gasteiger charge is 2.10. The molecular weight excluding hydrogens is 197 g/mol. The molecule has 0 saturated heterocycles. The molecule has 0 aliphatic rings. The number of hydrogen-bond donors (Lipinski definition) is 1. The number of aromatic amines is 1. The Kier molecular flexibility index (Phi) is 2.37. The number of hydrogen-bond acceptors (Lipinski definition) is 3. The first-order valence-electron chi connectivity index (χ1n) is 4.43. The van der Waals surface area contributed by atoms with Crippen LogP contribution in [0, 0.1) is 12.7 Å². The van der Waals surface area contributed by atoms with Crippen LogP contribution in [-0.2, 0) is 0 Å². The van der Waals surface area contributed by atoms with Crippen molar-refractivity contribution < 1.29 is 9.13 Å². The van der Waals surface area contributed by atoms with Crippen LogP contribution in [0.4, 0.5) is 4.39 Å². The Hall–Kier alpha value is -1.91. The van der Waals surface area contributed by atoms with Crippen LogP contribution in [0.3, 0.4) is 0 Å². The van der Waals surface area contributed by atoms with Crippen molar-refractivity contribution in [3.8, 4) is 17.1 Å². The summed E-state index contributed by atoms with van der Waals surface area (Å²) in [7, 11) is 1.49. The van der Waals surface area contributed by atoms with Crippen molar-refractivity contribution in [2.45, 2.75) is 6.92 Å². The number of methoxy groups -OCH3 is 1. The van der Waals surface area contributed by atoms with Crippen LogP contribution in [0.2, 0.25) is 0 Å². The van der Waals surface area contributed by atoms with Gasteiger partial charge in [0.2, 0.25) is 0 Å². The molecule has 0 fully saturated rings. The molecule has 0 saturated carbocycles. The molecule has 5 heteroatoms. The number of ether oxygens (including phenoxy) is 1. The third-order valence-corrected chi connectivity index (χ3v) is 2.01. The number of aromatic nitrogens is 3. The smallest absolute Gasteiger partial charge is 0.184 e. The topological polar surface area (TPSA) is 50.8 Å². The van der Waals surface area contributed by atoms with Gasteiger partial charge in [-0.3, -0.25) is 5.10 Å². The molecule has 0 aliphatic heterocycles. The van der Waals surface area contributed by atoms with E-state index >= 15 is 0 Å². The number of benzene rings is 1. The summed E-state index contributed by atoms with van der Waals surface area (Å²) in [6.07, 6.45) is 0. The summed E-state index contributed by atoms with van der Waals surface area (Å²) in [5.41, 5.74) is 0.361. The van der Waals surface area contributed by atoms with Gasteiger partial charge in [-0.15, -0.1) is 0 Å². The first kappa shape index (κ1) is 9.64. The fourth-order valence-corrected chi connectivity index (χ4v) is 1.27. The lowest BCUT2D eigenvalue weighted by Gasteiger charge is -2.01. The molecule has 0 unspecified atom stereocenters. The lowest BCUT2D eigenvalue weighted by Crippen LogP contribution is -1.89. The third kappa shape index (κ3) is 1.81. The van der Waals surface area contributed by atoms with Crippen LogP contribution in [-0.4, -0.2) is 22.3 Å². The molecule has 2 rings (SSSR count). The maximum absolute atomic E-state index is 13.6. The molecule has 0 atom stereocenters. The minimum Gasteiger partial charge on any atom is -0.497 e. The van der Waals surface area contributed by atoms with Gasteiger partial charge in [0.05, 0.1) is 12.7 Å². The van der Waals surface area contributed by atoms with Crippen molar-refractivity contribution in [2.24, 2.45) is 0 Å². The Bertz CT molecular complexity index is 481. The molecule has 0 spiro atoms. The van der Waals surface area contributed by atoms with Gasteiger partial charge in [-0.2, -0.15) is 5.10 Å². The molecule has 0 radical (unpaired) electrons. The molecule has 0 aliphatic carbocycles. The fourth-order valence-electron chi connectivity index (χ4n) is 1.27. The highest BCUT2D eigenvalue weighted by molar-refractivity contribution is 5.56. The van der Waals surface area contributed by atoms with E-state index in [9.17, 15) is 4.39 Å². The fraction of sp³-hybridized carbons (Fsp3) is 0.200. The second-order valence-electron chi connectivity index (χ2n) is 3.09. The van der Waals surface area contributed by atoms with E-state index in [1.54, 1.807) is 19.1 Å². The maximum atomic E-state index is 13.6. The van der Waals surface area contributed by atoms with Gasteiger partial charge in [0.1, 0.15) is 17.4 Å². The quantitative estimate of drug-likeness (QED) is 0.818. The minimum absolute atomic E-state index is 0.354. The van der Waals surface area contributed by atoms with E-state index in [2.05, 4.69) is 15.2 Å². The summed E-state index contributed by atoms with van der Waals surface area (Å²) in [6, 6.07) is 4.57. The largest absolute Gasteiger partial charge is 0.497 e. The summed E-state index contributed by atoms with van der Waals surface area (Å²) in [5, 5.41) is 6.55. The summed E-state index contributed by atoms with van der Waals surface area (Å²) < 4.78 is 18.5. The lowest BCUT2D eigenvalue weighted by atomic mass is 10.2. The van der Waals surface area contributed by atoms with Crippen LogP contribution >= 0.6 is 0 Å². The van der Waals surface area contributed by atoms with Crippen LogP contribution in [0.1, 0.15) is 5.82 Å². The molecule has 4 nitrogen and oxygen atoms in total. The normalized spacial score (nSPS) is 10.3. The van der Waals surface area contributed by atoms with Crippen molar-refractivity contribution in [3.63, 3.8) is 0 Å². The number of aryl methyl sites for hydroxylation is 1. The number of H-pyrrole nitrogens is 1. The van der Waals surface area contributed by atoms with E-state index in [1.807, 2.05) is 0 Å². The molecule has 1 heterocycles. The van der Waals surface area contributed by atoms with Crippen molar-refractivity contribution in [1.29, 1.82) is 0 Å². The average molecular weight is 207 g/mol. The summed E-state index contributed by atoms with van der Waals surface area (Å²) in [4.78, 5) is 4.05. The van der Waals surface area contributed by atoms with E-state index in [4.69, 9.17) is 4.74 Å². The van der Waals surface area contributed by atoms with Crippen molar-refractivity contribution >= 4 is 0 Å². The van der Waals surface area contributed by atoms with Crippen LogP contribution < -0.4 is 4.74 Å². The van der Waals surface area contributed by atoms with E-state index in [1.165, 1.54) is 13.2 Å². The number of halogens is 1. The average Bonchev–Trinajstić information content (AvgIpc) is 2.64. The maximum Gasteiger partial charge on any atom is 0.184 e. The second kappa shape index (κ2) is 3.68. The van der Waals surface area contributed by atoms with Gasteiger partial charge in [-0.25, -0.2) is 9.37 Å². The van der Waals surface area contributed by atoms with Crippen molar-refractivity contribution in [3.05, 3.63) is 29.8 Å². The third-order valence-electron chi connectivity index (χ3n) is 2.01. The predicted octanol–water partition coefficient (Wildman–Crippen LogP) is 1.93. The molecular formula is C10H10FN3O. The Morgan fingerprint density at radius 1 is 1.40 bits per heavy atom. The number of nitrogens with one attached hydrogen (secondary N) is 1. The van der Waals surface area contributed by atoms with E-state index < -0.39 is 5.82 Å². The van der Waals surface area contributed by atoms with Crippen molar-refractivity contribution in [2.75, 3.05) is 7.11 Å². The molecule has 0 bridgehead atoms. The Labute approximate surface area is 86.1 Å². The van der Waals surface area contributed by atoms with Gasteiger partial charge < -0.3 is 4.74 Å². The molecule has 15 heavy (non-hydrogen) atoms. The Balaban J connectivity index is 2.45. The van der Waals surface area contributed by atoms with E-state index in [-0.39, 0.29) is 0 Å². The second-order valence-corrected chi connectivity index (χ2v) is 3.09. The predicted molar refractivity (Wildman–Crippen MR) is 53.1 cm³/mol. The highest BCUT2D eigenvalue weighted by Crippen LogP contribution is 2.23. The first-order chi connectivity index (χ1) is 7.20. The SMILES string of the molecule is COc1ccc(-c2n[nH]c(C)n2)c(F)c1. The molecule has 0 amide bonds. The van der Waals surface area contributed by atoms with E-state index in [0.717, 1.165) is 0 Å². The molecule has 78 valence electrons. The van der Waals surface area contributed by atoms with Gasteiger partial charge in [-0.05, 0) is 19.1 Å². The lowest BCUT2D eigenvalue weighted by molar-refractivity contribution is 0.411. The van der Waals surface area contributed by atoms with Crippen LogP contribution in [0.25, 0.3) is 11.4 Å².